The van der Waals surface area contributed by atoms with E-state index in [2.05, 4.69) is 10.6 Å². The second-order valence-corrected chi connectivity index (χ2v) is 12.1. The van der Waals surface area contributed by atoms with Crippen molar-refractivity contribution < 1.29 is 19.0 Å². The Morgan fingerprint density at radius 1 is 0.978 bits per heavy atom. The van der Waals surface area contributed by atoms with Gasteiger partial charge in [0.2, 0.25) is 0 Å². The van der Waals surface area contributed by atoms with Gasteiger partial charge in [-0.2, -0.15) is 0 Å². The van der Waals surface area contributed by atoms with E-state index in [0.29, 0.717) is 62.4 Å². The average molecular weight is 656 g/mol. The first-order valence-electron chi connectivity index (χ1n) is 15.2. The van der Waals surface area contributed by atoms with E-state index in [-0.39, 0.29) is 12.2 Å². The molecule has 6 rings (SSSR count). The number of ether oxygens (including phenoxy) is 3. The Bertz CT molecular complexity index is 2160. The molecule has 0 N–H and O–H groups in total. The molecular weight excluding hydrogens is 622 g/mol. The van der Waals surface area contributed by atoms with Crippen molar-refractivity contribution in [3.63, 3.8) is 0 Å². The van der Waals surface area contributed by atoms with Crippen molar-refractivity contribution >= 4 is 45.9 Å². The van der Waals surface area contributed by atoms with E-state index in [1.165, 1.54) is 11.3 Å². The van der Waals surface area contributed by atoms with Crippen molar-refractivity contribution in [1.82, 2.24) is 9.13 Å². The summed E-state index contributed by atoms with van der Waals surface area (Å²) in [7, 11) is 0. The topological polar surface area (TPSA) is 84.1 Å². The second-order valence-electron chi connectivity index (χ2n) is 10.7. The predicted molar refractivity (Wildman–Crippen MR) is 182 cm³/mol. The van der Waals surface area contributed by atoms with Gasteiger partial charge in [-0.05, 0) is 69.2 Å². The number of benzene rings is 3. The molecule has 0 saturated carbocycles. The molecule has 0 saturated heterocycles. The number of esters is 1. The molecule has 3 heterocycles. The van der Waals surface area contributed by atoms with Gasteiger partial charge in [-0.15, -0.1) is 0 Å². The van der Waals surface area contributed by atoms with Crippen LogP contribution in [-0.4, -0.2) is 34.9 Å². The van der Waals surface area contributed by atoms with Gasteiger partial charge < -0.3 is 18.8 Å². The third kappa shape index (κ3) is 5.88. The summed E-state index contributed by atoms with van der Waals surface area (Å²) in [6.07, 6.45) is 3.94. The highest BCUT2D eigenvalue weighted by molar-refractivity contribution is 7.07. The minimum Gasteiger partial charge on any atom is -0.490 e. The number of carbonyl (C=O) groups excluding carboxylic acids is 1. The van der Waals surface area contributed by atoms with E-state index in [9.17, 15) is 9.59 Å². The number of hydrogen-bond donors (Lipinski definition) is 0. The molecule has 46 heavy (non-hydrogen) atoms. The molecule has 0 aliphatic carbocycles. The van der Waals surface area contributed by atoms with E-state index >= 15 is 0 Å². The average Bonchev–Trinajstić information content (AvgIpc) is 3.54. The Kier molecular flexibility index (Phi) is 9.15. The molecule has 1 aliphatic rings. The number of nitrogens with zero attached hydrogens (tertiary/aromatic N) is 3. The number of rotatable bonds is 10. The first-order valence-corrected chi connectivity index (χ1v) is 16.4. The minimum absolute atomic E-state index is 0.193. The van der Waals surface area contributed by atoms with Crippen molar-refractivity contribution in [2.24, 2.45) is 4.99 Å². The summed E-state index contributed by atoms with van der Waals surface area (Å²) in [5, 5.41) is 1.71. The van der Waals surface area contributed by atoms with Crippen LogP contribution in [0.5, 0.6) is 11.5 Å². The van der Waals surface area contributed by atoms with Crippen LogP contribution >= 0.6 is 22.9 Å². The van der Waals surface area contributed by atoms with Crippen LogP contribution < -0.4 is 24.4 Å². The standard InChI is InChI=1S/C36H34ClN3O5S/c1-5-43-29-17-16-23(18-30(29)44-6-2)33-32(35(42)45-7-3)22(4)38-36-40(33)34(41)31(46-36)19-25-21-39(28-15-11-9-13-26(25)28)20-24-12-8-10-14-27(24)37/h8-19,21,33H,5-7,20H2,1-4H3/b31-19-. The highest BCUT2D eigenvalue weighted by atomic mass is 35.5. The van der Waals surface area contributed by atoms with Gasteiger partial charge in [-0.25, -0.2) is 9.79 Å². The quantitative estimate of drug-likeness (QED) is 0.166. The number of thiazole rings is 1. The lowest BCUT2D eigenvalue weighted by Crippen LogP contribution is -2.40. The molecule has 0 amide bonds. The number of hydrogen-bond acceptors (Lipinski definition) is 7. The van der Waals surface area contributed by atoms with Crippen LogP contribution in [0.2, 0.25) is 5.02 Å². The molecule has 1 aliphatic heterocycles. The van der Waals surface area contributed by atoms with Crippen LogP contribution in [0.15, 0.2) is 94.0 Å². The van der Waals surface area contributed by atoms with Gasteiger partial charge in [-0.1, -0.05) is 65.4 Å². The first kappa shape index (κ1) is 31.4. The third-order valence-corrected chi connectivity index (χ3v) is 9.16. The summed E-state index contributed by atoms with van der Waals surface area (Å²) in [6.45, 7) is 9.00. The lowest BCUT2D eigenvalue weighted by atomic mass is 9.95. The number of fused-ring (bicyclic) bond motifs is 2. The maximum Gasteiger partial charge on any atom is 0.338 e. The first-order chi connectivity index (χ1) is 22.3. The van der Waals surface area contributed by atoms with Crippen molar-refractivity contribution in [1.29, 1.82) is 0 Å². The van der Waals surface area contributed by atoms with Gasteiger partial charge in [-0.3, -0.25) is 9.36 Å². The highest BCUT2D eigenvalue weighted by Gasteiger charge is 2.34. The van der Waals surface area contributed by atoms with Gasteiger partial charge in [0.25, 0.3) is 5.56 Å². The molecule has 5 aromatic rings. The van der Waals surface area contributed by atoms with E-state index < -0.39 is 12.0 Å². The number of carbonyl (C=O) groups is 1. The van der Waals surface area contributed by atoms with Crippen LogP contribution in [0.1, 0.15) is 50.4 Å². The normalized spacial score (nSPS) is 14.7. The monoisotopic (exact) mass is 655 g/mol. The van der Waals surface area contributed by atoms with Gasteiger partial charge in [0.05, 0.1) is 41.7 Å². The summed E-state index contributed by atoms with van der Waals surface area (Å²) in [5.41, 5.74) is 4.16. The van der Waals surface area contributed by atoms with Crippen molar-refractivity contribution in [3.05, 3.63) is 126 Å². The highest BCUT2D eigenvalue weighted by Crippen LogP contribution is 2.36. The van der Waals surface area contributed by atoms with Crippen molar-refractivity contribution in [2.45, 2.75) is 40.3 Å². The zero-order valence-electron chi connectivity index (χ0n) is 26.1. The summed E-state index contributed by atoms with van der Waals surface area (Å²) < 4.78 is 21.4. The fourth-order valence-electron chi connectivity index (χ4n) is 5.82. The number of halogens is 1. The Labute approximate surface area is 275 Å². The smallest absolute Gasteiger partial charge is 0.338 e. The molecule has 0 radical (unpaired) electrons. The van der Waals surface area contributed by atoms with Crippen LogP contribution in [0.3, 0.4) is 0 Å². The summed E-state index contributed by atoms with van der Waals surface area (Å²) in [4.78, 5) is 32.9. The van der Waals surface area contributed by atoms with Gasteiger partial charge in [0.15, 0.2) is 16.3 Å². The zero-order chi connectivity index (χ0) is 32.4. The van der Waals surface area contributed by atoms with Crippen molar-refractivity contribution in [3.8, 4) is 11.5 Å². The minimum atomic E-state index is -0.770. The molecule has 0 fully saturated rings. The van der Waals surface area contributed by atoms with E-state index in [4.69, 9.17) is 30.8 Å². The molecule has 0 spiro atoms. The Morgan fingerprint density at radius 3 is 2.48 bits per heavy atom. The van der Waals surface area contributed by atoms with E-state index in [0.717, 1.165) is 22.0 Å². The predicted octanol–water partition coefficient (Wildman–Crippen LogP) is 6.25. The second kappa shape index (κ2) is 13.4. The lowest BCUT2D eigenvalue weighted by Gasteiger charge is -2.25. The largest absolute Gasteiger partial charge is 0.490 e. The molecule has 8 nitrogen and oxygen atoms in total. The van der Waals surface area contributed by atoms with Crippen molar-refractivity contribution in [2.75, 3.05) is 19.8 Å². The molecule has 1 atom stereocenters. The number of para-hydroxylation sites is 1. The Morgan fingerprint density at radius 2 is 1.72 bits per heavy atom. The zero-order valence-corrected chi connectivity index (χ0v) is 27.7. The molecular formula is C36H34ClN3O5S. The SMILES string of the molecule is CCOC(=O)C1=C(C)N=c2s/c(=C\c3cn(Cc4ccccc4Cl)c4ccccc34)c(=O)n2C1c1ccc(OCC)c(OCC)c1. The van der Waals surface area contributed by atoms with Gasteiger partial charge in [0.1, 0.15) is 0 Å². The summed E-state index contributed by atoms with van der Waals surface area (Å²) in [6, 6.07) is 20.6. The van der Waals surface area contributed by atoms with E-state index in [1.54, 1.807) is 18.4 Å². The Balaban J connectivity index is 1.52. The lowest BCUT2D eigenvalue weighted by molar-refractivity contribution is -0.139. The fourth-order valence-corrected chi connectivity index (χ4v) is 7.05. The number of aromatic nitrogens is 2. The van der Waals surface area contributed by atoms with Gasteiger partial charge >= 0.3 is 5.97 Å². The maximum atomic E-state index is 14.3. The van der Waals surface area contributed by atoms with E-state index in [1.807, 2.05) is 86.8 Å². The van der Waals surface area contributed by atoms with Crippen LogP contribution in [0.25, 0.3) is 17.0 Å². The maximum absolute atomic E-state index is 14.3. The molecule has 2 aromatic heterocycles. The third-order valence-electron chi connectivity index (χ3n) is 7.80. The molecule has 10 heteroatoms. The summed E-state index contributed by atoms with van der Waals surface area (Å²) in [5.74, 6) is 0.609. The fraction of sp³-hybridized carbons (Fsp3) is 0.250. The van der Waals surface area contributed by atoms with Gasteiger partial charge in [0, 0.05) is 34.2 Å². The summed E-state index contributed by atoms with van der Waals surface area (Å²) >= 11 is 7.79. The molecule has 1 unspecified atom stereocenters. The number of allylic oxidation sites excluding steroid dienone is 1. The van der Waals surface area contributed by atoms with Crippen LogP contribution in [-0.2, 0) is 16.1 Å². The molecule has 0 bridgehead atoms. The molecule has 236 valence electrons. The Hall–Kier alpha value is -4.60. The molecule has 3 aromatic carbocycles. The van der Waals surface area contributed by atoms with Crippen LogP contribution in [0, 0.1) is 0 Å². The van der Waals surface area contributed by atoms with Crippen LogP contribution in [0.4, 0.5) is 0 Å².